The third kappa shape index (κ3) is 3.07. The van der Waals surface area contributed by atoms with E-state index in [0.717, 1.165) is 5.82 Å². The highest BCUT2D eigenvalue weighted by molar-refractivity contribution is 6.30. The zero-order valence-electron chi connectivity index (χ0n) is 12.6. The fourth-order valence-electron chi connectivity index (χ4n) is 2.67. The molecule has 0 bridgehead atoms. The van der Waals surface area contributed by atoms with Gasteiger partial charge in [0, 0.05) is 38.4 Å². The maximum atomic E-state index is 12.6. The fraction of sp³-hybridized carbons (Fsp3) is 0.429. The van der Waals surface area contributed by atoms with Gasteiger partial charge < -0.3 is 15.2 Å². The Labute approximate surface area is 137 Å². The van der Waals surface area contributed by atoms with E-state index >= 15 is 0 Å². The summed E-state index contributed by atoms with van der Waals surface area (Å²) in [5, 5.41) is 4.58. The molecule has 0 fully saturated rings. The lowest BCUT2D eigenvalue weighted by molar-refractivity contribution is -0.134. The number of aromatic nitrogens is 4. The highest BCUT2D eigenvalue weighted by Gasteiger charge is 2.25. The summed E-state index contributed by atoms with van der Waals surface area (Å²) in [5.74, 6) is 0.206. The Morgan fingerprint density at radius 1 is 1.30 bits per heavy atom. The Bertz CT molecular complexity index is 727. The summed E-state index contributed by atoms with van der Waals surface area (Å²) in [7, 11) is 0. The Kier molecular flexibility index (Phi) is 4.08. The second kappa shape index (κ2) is 6.04. The number of rotatable bonds is 3. The summed E-state index contributed by atoms with van der Waals surface area (Å²) in [6.07, 6.45) is 5.36. The minimum Gasteiger partial charge on any atom is -0.364 e. The standard InChI is InChI=1S/C14H17ClN6O2/c1-9(21-7-10(15)6-17-21)14(23)19-3-2-12-18-11(13(16)22)8-20(12)5-4-19/h6-9H,2-5H2,1H3,(H2,16,22). The van der Waals surface area contributed by atoms with E-state index in [9.17, 15) is 9.59 Å². The number of primary amides is 1. The molecule has 2 N–H and O–H groups in total. The number of nitrogens with two attached hydrogens (primary N) is 1. The number of fused-ring (bicyclic) bond motifs is 1. The van der Waals surface area contributed by atoms with Crippen LogP contribution in [0.2, 0.25) is 5.02 Å². The molecule has 3 rings (SSSR count). The number of hydrogen-bond acceptors (Lipinski definition) is 4. The SMILES string of the molecule is CC(C(=O)N1CCc2nc(C(N)=O)cn2CC1)n1cc(Cl)cn1. The summed E-state index contributed by atoms with van der Waals surface area (Å²) in [4.78, 5) is 29.8. The first-order valence-electron chi connectivity index (χ1n) is 7.30. The second-order valence-corrected chi connectivity index (χ2v) is 5.93. The molecule has 2 aromatic rings. The molecular weight excluding hydrogens is 320 g/mol. The lowest BCUT2D eigenvalue weighted by Gasteiger charge is -2.24. The smallest absolute Gasteiger partial charge is 0.268 e. The summed E-state index contributed by atoms with van der Waals surface area (Å²) >= 11 is 5.85. The highest BCUT2D eigenvalue weighted by atomic mass is 35.5. The largest absolute Gasteiger partial charge is 0.364 e. The molecule has 0 aliphatic carbocycles. The van der Waals surface area contributed by atoms with E-state index in [4.69, 9.17) is 17.3 Å². The Balaban J connectivity index is 1.70. The molecule has 1 aliphatic rings. The number of amides is 2. The molecule has 2 aromatic heterocycles. The van der Waals surface area contributed by atoms with Gasteiger partial charge in [-0.25, -0.2) is 4.98 Å². The van der Waals surface area contributed by atoms with Crippen molar-refractivity contribution in [2.75, 3.05) is 13.1 Å². The van der Waals surface area contributed by atoms with Crippen LogP contribution in [-0.4, -0.2) is 49.1 Å². The third-order valence-electron chi connectivity index (χ3n) is 3.96. The van der Waals surface area contributed by atoms with Gasteiger partial charge in [0.1, 0.15) is 17.6 Å². The van der Waals surface area contributed by atoms with Crippen LogP contribution in [0.25, 0.3) is 0 Å². The molecule has 0 spiro atoms. The van der Waals surface area contributed by atoms with Crippen molar-refractivity contribution < 1.29 is 9.59 Å². The van der Waals surface area contributed by atoms with Crippen molar-refractivity contribution in [3.63, 3.8) is 0 Å². The molecular formula is C14H17ClN6O2. The van der Waals surface area contributed by atoms with Gasteiger partial charge in [-0.05, 0) is 6.92 Å². The van der Waals surface area contributed by atoms with Gasteiger partial charge in [0.15, 0.2) is 0 Å². The Morgan fingerprint density at radius 3 is 2.74 bits per heavy atom. The lowest BCUT2D eigenvalue weighted by Crippen LogP contribution is -2.38. The van der Waals surface area contributed by atoms with Crippen molar-refractivity contribution in [2.24, 2.45) is 5.73 Å². The number of hydrogen-bond donors (Lipinski definition) is 1. The van der Waals surface area contributed by atoms with E-state index in [1.807, 2.05) is 4.57 Å². The maximum absolute atomic E-state index is 12.6. The molecule has 0 aromatic carbocycles. The fourth-order valence-corrected chi connectivity index (χ4v) is 2.81. The quantitative estimate of drug-likeness (QED) is 0.881. The molecule has 1 unspecified atom stereocenters. The topological polar surface area (TPSA) is 99.0 Å². The summed E-state index contributed by atoms with van der Waals surface area (Å²) in [6, 6.07) is -0.422. The molecule has 23 heavy (non-hydrogen) atoms. The number of nitrogens with zero attached hydrogens (tertiary/aromatic N) is 5. The van der Waals surface area contributed by atoms with Crippen LogP contribution in [0.5, 0.6) is 0 Å². The van der Waals surface area contributed by atoms with Gasteiger partial charge >= 0.3 is 0 Å². The number of carbonyl (C=O) groups excluding carboxylic acids is 2. The van der Waals surface area contributed by atoms with E-state index in [-0.39, 0.29) is 11.6 Å². The minimum atomic E-state index is -0.539. The van der Waals surface area contributed by atoms with Crippen LogP contribution in [0.4, 0.5) is 0 Å². The second-order valence-electron chi connectivity index (χ2n) is 5.49. The lowest BCUT2D eigenvalue weighted by atomic mass is 10.2. The molecule has 1 aliphatic heterocycles. The van der Waals surface area contributed by atoms with Crippen LogP contribution in [-0.2, 0) is 17.8 Å². The van der Waals surface area contributed by atoms with Crippen LogP contribution < -0.4 is 5.73 Å². The van der Waals surface area contributed by atoms with E-state index in [0.29, 0.717) is 31.1 Å². The molecule has 0 saturated heterocycles. The van der Waals surface area contributed by atoms with Crippen molar-refractivity contribution >= 4 is 23.4 Å². The van der Waals surface area contributed by atoms with Gasteiger partial charge in [-0.15, -0.1) is 0 Å². The molecule has 122 valence electrons. The first kappa shape index (κ1) is 15.5. The predicted molar refractivity (Wildman–Crippen MR) is 83.0 cm³/mol. The average Bonchev–Trinajstić information content (AvgIpc) is 3.08. The van der Waals surface area contributed by atoms with Crippen molar-refractivity contribution in [2.45, 2.75) is 25.9 Å². The van der Waals surface area contributed by atoms with Crippen LogP contribution in [0.1, 0.15) is 29.3 Å². The zero-order valence-corrected chi connectivity index (χ0v) is 13.4. The molecule has 2 amide bonds. The first-order valence-corrected chi connectivity index (χ1v) is 7.68. The molecule has 3 heterocycles. The summed E-state index contributed by atoms with van der Waals surface area (Å²) in [5.41, 5.74) is 5.51. The number of imidazole rings is 1. The van der Waals surface area contributed by atoms with Crippen LogP contribution >= 0.6 is 11.6 Å². The third-order valence-corrected chi connectivity index (χ3v) is 4.16. The van der Waals surface area contributed by atoms with E-state index < -0.39 is 11.9 Å². The predicted octanol–water partition coefficient (Wildman–Crippen LogP) is 0.478. The average molecular weight is 337 g/mol. The van der Waals surface area contributed by atoms with Gasteiger partial charge in [-0.2, -0.15) is 5.10 Å². The highest BCUT2D eigenvalue weighted by Crippen LogP contribution is 2.16. The summed E-state index contributed by atoms with van der Waals surface area (Å²) in [6.45, 7) is 3.45. The maximum Gasteiger partial charge on any atom is 0.268 e. The summed E-state index contributed by atoms with van der Waals surface area (Å²) < 4.78 is 3.43. The Morgan fingerprint density at radius 2 is 2.09 bits per heavy atom. The van der Waals surface area contributed by atoms with Crippen molar-refractivity contribution in [1.29, 1.82) is 0 Å². The van der Waals surface area contributed by atoms with Crippen molar-refractivity contribution in [1.82, 2.24) is 24.2 Å². The van der Waals surface area contributed by atoms with Gasteiger partial charge in [-0.3, -0.25) is 14.3 Å². The van der Waals surface area contributed by atoms with Crippen LogP contribution in [0.15, 0.2) is 18.6 Å². The van der Waals surface area contributed by atoms with E-state index in [1.54, 1.807) is 28.9 Å². The normalized spacial score (nSPS) is 15.8. The van der Waals surface area contributed by atoms with Crippen LogP contribution in [0.3, 0.4) is 0 Å². The van der Waals surface area contributed by atoms with Gasteiger partial charge in [-0.1, -0.05) is 11.6 Å². The van der Waals surface area contributed by atoms with E-state index in [1.165, 1.54) is 6.20 Å². The van der Waals surface area contributed by atoms with Crippen LogP contribution in [0, 0.1) is 0 Å². The van der Waals surface area contributed by atoms with Gasteiger partial charge in [0.25, 0.3) is 5.91 Å². The first-order chi connectivity index (χ1) is 11.0. The molecule has 0 radical (unpaired) electrons. The zero-order chi connectivity index (χ0) is 16.6. The number of carbonyl (C=O) groups is 2. The van der Waals surface area contributed by atoms with Gasteiger partial charge in [0.2, 0.25) is 5.91 Å². The Hall–Kier alpha value is -2.35. The van der Waals surface area contributed by atoms with Crippen molar-refractivity contribution in [3.05, 3.63) is 35.1 Å². The van der Waals surface area contributed by atoms with E-state index in [2.05, 4.69) is 10.1 Å². The molecule has 0 saturated carbocycles. The monoisotopic (exact) mass is 336 g/mol. The molecule has 8 nitrogen and oxygen atoms in total. The molecule has 1 atom stereocenters. The van der Waals surface area contributed by atoms with Crippen molar-refractivity contribution in [3.8, 4) is 0 Å². The number of halogens is 1. The minimum absolute atomic E-state index is 0.0226. The molecule has 9 heteroatoms. The van der Waals surface area contributed by atoms with Gasteiger partial charge in [0.05, 0.1) is 11.2 Å².